The number of hydrogen-bond donors (Lipinski definition) is 0. The SMILES string of the molecule is Cc1ccc(N2SC=NS2)cc1Cl. The number of halogens is 1. The van der Waals surface area contributed by atoms with E-state index in [1.165, 1.54) is 12.1 Å². The molecule has 1 aliphatic rings. The number of aryl methyl sites for hydroxylation is 1. The van der Waals surface area contributed by atoms with Gasteiger partial charge in [0, 0.05) is 17.0 Å². The average Bonchev–Trinajstić information content (AvgIpc) is 2.62. The molecule has 5 heteroatoms. The molecule has 0 saturated heterocycles. The van der Waals surface area contributed by atoms with Crippen molar-refractivity contribution in [1.29, 1.82) is 0 Å². The lowest BCUT2D eigenvalue weighted by molar-refractivity contribution is 1.46. The molecule has 0 radical (unpaired) electrons. The van der Waals surface area contributed by atoms with Gasteiger partial charge < -0.3 is 0 Å². The summed E-state index contributed by atoms with van der Waals surface area (Å²) in [5.41, 5.74) is 3.97. The largest absolute Gasteiger partial charge is 0.233 e. The molecule has 1 aliphatic heterocycles. The zero-order valence-corrected chi connectivity index (χ0v) is 9.29. The first-order chi connectivity index (χ1) is 6.27. The van der Waals surface area contributed by atoms with Gasteiger partial charge in [-0.1, -0.05) is 17.7 Å². The van der Waals surface area contributed by atoms with Gasteiger partial charge in [0.15, 0.2) is 0 Å². The molecular formula is C8H7ClN2S2. The predicted octanol–water partition coefficient (Wildman–Crippen LogP) is 3.71. The van der Waals surface area contributed by atoms with Crippen molar-refractivity contribution in [1.82, 2.24) is 0 Å². The van der Waals surface area contributed by atoms with Crippen molar-refractivity contribution in [3.05, 3.63) is 28.8 Å². The van der Waals surface area contributed by atoms with Crippen LogP contribution in [0, 0.1) is 6.92 Å². The molecule has 68 valence electrons. The molecular weight excluding hydrogens is 224 g/mol. The van der Waals surface area contributed by atoms with Crippen LogP contribution in [0.4, 0.5) is 5.69 Å². The van der Waals surface area contributed by atoms with E-state index >= 15 is 0 Å². The van der Waals surface area contributed by atoms with Crippen molar-refractivity contribution in [2.24, 2.45) is 4.40 Å². The van der Waals surface area contributed by atoms with Gasteiger partial charge in [-0.2, -0.15) is 4.40 Å². The molecule has 1 aromatic rings. The lowest BCUT2D eigenvalue weighted by Gasteiger charge is -2.12. The highest BCUT2D eigenvalue weighted by molar-refractivity contribution is 8.27. The molecule has 0 amide bonds. The van der Waals surface area contributed by atoms with E-state index in [9.17, 15) is 0 Å². The molecule has 0 N–H and O–H groups in total. The number of benzene rings is 1. The Morgan fingerprint density at radius 2 is 2.31 bits per heavy atom. The van der Waals surface area contributed by atoms with Crippen LogP contribution < -0.4 is 3.71 Å². The molecule has 13 heavy (non-hydrogen) atoms. The lowest BCUT2D eigenvalue weighted by atomic mass is 10.2. The second kappa shape index (κ2) is 3.82. The quantitative estimate of drug-likeness (QED) is 0.684. The van der Waals surface area contributed by atoms with Crippen LogP contribution in [-0.2, 0) is 0 Å². The lowest BCUT2D eigenvalue weighted by Crippen LogP contribution is -1.97. The highest BCUT2D eigenvalue weighted by Gasteiger charge is 2.12. The Bertz CT molecular complexity index is 346. The molecule has 0 aromatic heterocycles. The van der Waals surface area contributed by atoms with Gasteiger partial charge in [0.1, 0.15) is 12.1 Å². The minimum atomic E-state index is 0.797. The zero-order chi connectivity index (χ0) is 9.26. The Labute approximate surface area is 90.8 Å². The highest BCUT2D eigenvalue weighted by atomic mass is 35.5. The predicted molar refractivity (Wildman–Crippen MR) is 62.3 cm³/mol. The maximum atomic E-state index is 6.01. The van der Waals surface area contributed by atoms with Gasteiger partial charge in [0.05, 0.1) is 11.2 Å². The maximum Gasteiger partial charge on any atom is 0.105 e. The van der Waals surface area contributed by atoms with Gasteiger partial charge in [0.2, 0.25) is 0 Å². The number of rotatable bonds is 1. The van der Waals surface area contributed by atoms with Crippen molar-refractivity contribution in [2.75, 3.05) is 3.71 Å². The molecule has 2 nitrogen and oxygen atoms in total. The van der Waals surface area contributed by atoms with E-state index in [4.69, 9.17) is 11.6 Å². The molecule has 1 aromatic carbocycles. The van der Waals surface area contributed by atoms with E-state index in [1.54, 1.807) is 17.5 Å². The van der Waals surface area contributed by atoms with Crippen molar-refractivity contribution in [3.8, 4) is 0 Å². The highest BCUT2D eigenvalue weighted by Crippen LogP contribution is 2.36. The van der Waals surface area contributed by atoms with Crippen molar-refractivity contribution in [2.45, 2.75) is 6.92 Å². The molecule has 0 unspecified atom stereocenters. The summed E-state index contributed by atoms with van der Waals surface area (Å²) in [5.74, 6) is 0. The van der Waals surface area contributed by atoms with E-state index in [-0.39, 0.29) is 0 Å². The molecule has 0 saturated carbocycles. The summed E-state index contributed by atoms with van der Waals surface area (Å²) in [4.78, 5) is 0. The number of nitrogens with zero attached hydrogens (tertiary/aromatic N) is 2. The summed E-state index contributed by atoms with van der Waals surface area (Å²) in [6, 6.07) is 6.00. The minimum Gasteiger partial charge on any atom is -0.233 e. The van der Waals surface area contributed by atoms with Gasteiger partial charge in [0.25, 0.3) is 0 Å². The van der Waals surface area contributed by atoms with Crippen molar-refractivity contribution < 1.29 is 0 Å². The summed E-state index contributed by atoms with van der Waals surface area (Å²) >= 11 is 8.98. The first kappa shape index (κ1) is 9.24. The van der Waals surface area contributed by atoms with E-state index in [0.717, 1.165) is 16.3 Å². The van der Waals surface area contributed by atoms with E-state index in [0.29, 0.717) is 0 Å². The van der Waals surface area contributed by atoms with Gasteiger partial charge >= 0.3 is 0 Å². The summed E-state index contributed by atoms with van der Waals surface area (Å²) in [5, 5.41) is 0.797. The fraction of sp³-hybridized carbons (Fsp3) is 0.125. The van der Waals surface area contributed by atoms with Crippen LogP contribution in [-0.4, -0.2) is 5.55 Å². The van der Waals surface area contributed by atoms with E-state index in [1.807, 2.05) is 28.8 Å². The van der Waals surface area contributed by atoms with E-state index < -0.39 is 0 Å². The van der Waals surface area contributed by atoms with Crippen molar-refractivity contribution >= 4 is 46.9 Å². The summed E-state index contributed by atoms with van der Waals surface area (Å²) < 4.78 is 6.04. The first-order valence-electron chi connectivity index (χ1n) is 3.69. The van der Waals surface area contributed by atoms with Crippen LogP contribution in [0.2, 0.25) is 5.02 Å². The number of anilines is 1. The smallest absolute Gasteiger partial charge is 0.105 e. The summed E-state index contributed by atoms with van der Waals surface area (Å²) in [7, 11) is 0. The monoisotopic (exact) mass is 230 g/mol. The molecule has 0 spiro atoms. The van der Waals surface area contributed by atoms with Crippen molar-refractivity contribution in [3.63, 3.8) is 0 Å². The summed E-state index contributed by atoms with van der Waals surface area (Å²) in [6.07, 6.45) is 0. The van der Waals surface area contributed by atoms with Crippen LogP contribution >= 0.6 is 35.7 Å². The third-order valence-electron chi connectivity index (χ3n) is 1.67. The zero-order valence-electron chi connectivity index (χ0n) is 6.90. The fourth-order valence-electron chi connectivity index (χ4n) is 0.947. The topological polar surface area (TPSA) is 15.6 Å². The van der Waals surface area contributed by atoms with Crippen LogP contribution in [0.25, 0.3) is 0 Å². The Morgan fingerprint density at radius 1 is 1.46 bits per heavy atom. The van der Waals surface area contributed by atoms with Gasteiger partial charge in [-0.3, -0.25) is 0 Å². The molecule has 0 fully saturated rings. The summed E-state index contributed by atoms with van der Waals surface area (Å²) in [6.45, 7) is 1.99. The van der Waals surface area contributed by atoms with E-state index in [2.05, 4.69) is 4.40 Å². The second-order valence-corrected chi connectivity index (χ2v) is 4.75. The normalized spacial score (nSPS) is 15.4. The fourth-order valence-corrected chi connectivity index (χ4v) is 2.43. The van der Waals surface area contributed by atoms with Crippen LogP contribution in [0.1, 0.15) is 5.56 Å². The second-order valence-electron chi connectivity index (χ2n) is 2.59. The Hall–Kier alpha value is -0.320. The molecule has 2 rings (SSSR count). The maximum absolute atomic E-state index is 6.01. The molecule has 1 heterocycles. The molecule has 0 atom stereocenters. The van der Waals surface area contributed by atoms with Crippen LogP contribution in [0.15, 0.2) is 22.6 Å². The average molecular weight is 231 g/mol. The third kappa shape index (κ3) is 1.95. The van der Waals surface area contributed by atoms with Crippen LogP contribution in [0.3, 0.4) is 0 Å². The van der Waals surface area contributed by atoms with Gasteiger partial charge in [-0.05, 0) is 24.6 Å². The Morgan fingerprint density at radius 3 is 2.92 bits per heavy atom. The third-order valence-corrected chi connectivity index (χ3v) is 3.83. The first-order valence-corrected chi connectivity index (χ1v) is 5.64. The Balaban J connectivity index is 2.26. The Kier molecular flexibility index (Phi) is 2.71. The minimum absolute atomic E-state index is 0.797. The standard InChI is InChI=1S/C8H7ClN2S2/c1-6-2-3-7(4-8(6)9)11-12-5-10-13-11/h2-5H,1H3. The molecule has 0 aliphatic carbocycles. The van der Waals surface area contributed by atoms with Crippen LogP contribution in [0.5, 0.6) is 0 Å². The molecule has 0 bridgehead atoms. The number of hydrogen-bond acceptors (Lipinski definition) is 4. The van der Waals surface area contributed by atoms with Gasteiger partial charge in [-0.15, -0.1) is 0 Å². The van der Waals surface area contributed by atoms with Gasteiger partial charge in [-0.25, -0.2) is 3.71 Å².